The van der Waals surface area contributed by atoms with Crippen LogP contribution in [0, 0.1) is 0 Å². The van der Waals surface area contributed by atoms with Gasteiger partial charge in [0.1, 0.15) is 5.75 Å². The van der Waals surface area contributed by atoms with Gasteiger partial charge in [-0.3, -0.25) is 9.59 Å². The summed E-state index contributed by atoms with van der Waals surface area (Å²) in [6.07, 6.45) is 8.86. The predicted octanol–water partition coefficient (Wildman–Crippen LogP) is 6.42. The third-order valence-electron chi connectivity index (χ3n) is 4.86. The molecule has 2 amide bonds. The van der Waals surface area contributed by atoms with Crippen molar-refractivity contribution >= 4 is 23.2 Å². The van der Waals surface area contributed by atoms with Crippen molar-refractivity contribution in [2.24, 2.45) is 0 Å². The predicted molar refractivity (Wildman–Crippen MR) is 123 cm³/mol. The maximum atomic E-state index is 12.4. The molecule has 2 aromatic carbocycles. The van der Waals surface area contributed by atoms with E-state index in [0.29, 0.717) is 30.0 Å². The van der Waals surface area contributed by atoms with Crippen LogP contribution in [-0.2, 0) is 4.79 Å². The van der Waals surface area contributed by atoms with E-state index in [-0.39, 0.29) is 11.8 Å². The fourth-order valence-corrected chi connectivity index (χ4v) is 3.18. The highest BCUT2D eigenvalue weighted by atomic mass is 16.5. The van der Waals surface area contributed by atoms with Crippen LogP contribution >= 0.6 is 0 Å². The van der Waals surface area contributed by atoms with Crippen molar-refractivity contribution in [3.8, 4) is 5.75 Å². The molecule has 0 unspecified atom stereocenters. The van der Waals surface area contributed by atoms with E-state index in [1.165, 1.54) is 32.1 Å². The van der Waals surface area contributed by atoms with Crippen LogP contribution in [0.1, 0.15) is 75.6 Å². The number of nitrogens with one attached hydrogen (secondary N) is 2. The SMILES string of the molecule is CCCCCCCCCC(=O)Nc1ccc(C(=O)Nc2ccc(OCC)cc2)cc1. The first-order chi connectivity index (χ1) is 14.6. The number of carbonyl (C=O) groups is 2. The second-order valence-corrected chi connectivity index (χ2v) is 7.41. The lowest BCUT2D eigenvalue weighted by molar-refractivity contribution is -0.116. The van der Waals surface area contributed by atoms with Crippen molar-refractivity contribution in [2.45, 2.75) is 65.2 Å². The van der Waals surface area contributed by atoms with E-state index in [0.717, 1.165) is 18.6 Å². The summed E-state index contributed by atoms with van der Waals surface area (Å²) in [4.78, 5) is 24.5. The number of hydrogen-bond acceptors (Lipinski definition) is 3. The lowest BCUT2D eigenvalue weighted by Crippen LogP contribution is -2.13. The Balaban J connectivity index is 1.73. The molecular weight excluding hydrogens is 376 g/mol. The minimum atomic E-state index is -0.194. The fraction of sp³-hybridized carbons (Fsp3) is 0.440. The number of rotatable bonds is 13. The van der Waals surface area contributed by atoms with Gasteiger partial charge in [0, 0.05) is 23.4 Å². The number of anilines is 2. The monoisotopic (exact) mass is 410 g/mol. The van der Waals surface area contributed by atoms with Crippen LogP contribution in [0.15, 0.2) is 48.5 Å². The van der Waals surface area contributed by atoms with Gasteiger partial charge in [-0.15, -0.1) is 0 Å². The Labute approximate surface area is 180 Å². The molecule has 0 aromatic heterocycles. The highest BCUT2D eigenvalue weighted by molar-refractivity contribution is 6.04. The quantitative estimate of drug-likeness (QED) is 0.375. The van der Waals surface area contributed by atoms with Gasteiger partial charge in [0.2, 0.25) is 5.91 Å². The molecule has 162 valence electrons. The molecule has 0 saturated heterocycles. The summed E-state index contributed by atoms with van der Waals surface area (Å²) in [7, 11) is 0. The Morgan fingerprint density at radius 2 is 1.30 bits per heavy atom. The zero-order valence-electron chi connectivity index (χ0n) is 18.2. The average molecular weight is 411 g/mol. The molecule has 5 heteroatoms. The molecule has 0 radical (unpaired) electrons. The molecule has 0 atom stereocenters. The lowest BCUT2D eigenvalue weighted by atomic mass is 10.1. The van der Waals surface area contributed by atoms with Gasteiger partial charge in [0.15, 0.2) is 0 Å². The van der Waals surface area contributed by atoms with Gasteiger partial charge >= 0.3 is 0 Å². The van der Waals surface area contributed by atoms with Crippen LogP contribution in [0.5, 0.6) is 5.75 Å². The lowest BCUT2D eigenvalue weighted by Gasteiger charge is -2.09. The molecule has 0 fully saturated rings. The largest absolute Gasteiger partial charge is 0.494 e. The molecule has 0 aliphatic rings. The first-order valence-electron chi connectivity index (χ1n) is 11.1. The first kappa shape index (κ1) is 23.5. The second kappa shape index (κ2) is 13.4. The molecule has 5 nitrogen and oxygen atoms in total. The summed E-state index contributed by atoms with van der Waals surface area (Å²) in [5.74, 6) is 0.599. The van der Waals surface area contributed by atoms with Crippen LogP contribution in [0.3, 0.4) is 0 Å². The van der Waals surface area contributed by atoms with Crippen LogP contribution in [-0.4, -0.2) is 18.4 Å². The Bertz CT molecular complexity index is 770. The van der Waals surface area contributed by atoms with Crippen LogP contribution < -0.4 is 15.4 Å². The molecule has 30 heavy (non-hydrogen) atoms. The van der Waals surface area contributed by atoms with E-state index >= 15 is 0 Å². The minimum absolute atomic E-state index is 0.0233. The van der Waals surface area contributed by atoms with Crippen molar-refractivity contribution in [3.05, 3.63) is 54.1 Å². The topological polar surface area (TPSA) is 67.4 Å². The number of benzene rings is 2. The molecule has 2 N–H and O–H groups in total. The van der Waals surface area contributed by atoms with Gasteiger partial charge in [-0.2, -0.15) is 0 Å². The van der Waals surface area contributed by atoms with Gasteiger partial charge < -0.3 is 15.4 Å². The Morgan fingerprint density at radius 1 is 0.733 bits per heavy atom. The van der Waals surface area contributed by atoms with Crippen LogP contribution in [0.4, 0.5) is 11.4 Å². The maximum absolute atomic E-state index is 12.4. The van der Waals surface area contributed by atoms with Gasteiger partial charge in [-0.05, 0) is 61.9 Å². The normalized spacial score (nSPS) is 10.5. The number of unbranched alkanes of at least 4 members (excludes halogenated alkanes) is 6. The zero-order chi connectivity index (χ0) is 21.6. The van der Waals surface area contributed by atoms with Crippen LogP contribution in [0.25, 0.3) is 0 Å². The summed E-state index contributed by atoms with van der Waals surface area (Å²) in [5.41, 5.74) is 1.95. The Kier molecular flexibility index (Phi) is 10.5. The fourth-order valence-electron chi connectivity index (χ4n) is 3.18. The second-order valence-electron chi connectivity index (χ2n) is 7.41. The zero-order valence-corrected chi connectivity index (χ0v) is 18.2. The van der Waals surface area contributed by atoms with Crippen molar-refractivity contribution in [1.29, 1.82) is 0 Å². The summed E-state index contributed by atoms with van der Waals surface area (Å²) < 4.78 is 5.40. The highest BCUT2D eigenvalue weighted by Gasteiger charge is 2.08. The van der Waals surface area contributed by atoms with Crippen molar-refractivity contribution in [2.75, 3.05) is 17.2 Å². The van der Waals surface area contributed by atoms with Crippen molar-refractivity contribution in [1.82, 2.24) is 0 Å². The summed E-state index contributed by atoms with van der Waals surface area (Å²) in [6.45, 7) is 4.75. The first-order valence-corrected chi connectivity index (χ1v) is 11.1. The molecule has 0 heterocycles. The molecule has 0 aliphatic heterocycles. The van der Waals surface area contributed by atoms with E-state index in [4.69, 9.17) is 4.74 Å². The molecule has 2 rings (SSSR count). The summed E-state index contributed by atoms with van der Waals surface area (Å²) >= 11 is 0. The van der Waals surface area contributed by atoms with Gasteiger partial charge in [-0.1, -0.05) is 45.4 Å². The van der Waals surface area contributed by atoms with Gasteiger partial charge in [0.25, 0.3) is 5.91 Å². The highest BCUT2D eigenvalue weighted by Crippen LogP contribution is 2.17. The molecule has 2 aromatic rings. The van der Waals surface area contributed by atoms with E-state index in [1.807, 2.05) is 19.1 Å². The van der Waals surface area contributed by atoms with Crippen LogP contribution in [0.2, 0.25) is 0 Å². The van der Waals surface area contributed by atoms with E-state index in [1.54, 1.807) is 36.4 Å². The molecule has 0 spiro atoms. The Morgan fingerprint density at radius 3 is 1.93 bits per heavy atom. The number of amides is 2. The third-order valence-corrected chi connectivity index (χ3v) is 4.86. The molecule has 0 aliphatic carbocycles. The molecule has 0 bridgehead atoms. The molecular formula is C25H34N2O3. The minimum Gasteiger partial charge on any atom is -0.494 e. The van der Waals surface area contributed by atoms with Gasteiger partial charge in [-0.25, -0.2) is 0 Å². The van der Waals surface area contributed by atoms with E-state index in [2.05, 4.69) is 17.6 Å². The van der Waals surface area contributed by atoms with Crippen molar-refractivity contribution in [3.63, 3.8) is 0 Å². The van der Waals surface area contributed by atoms with Gasteiger partial charge in [0.05, 0.1) is 6.61 Å². The average Bonchev–Trinajstić information content (AvgIpc) is 2.75. The molecule has 0 saturated carbocycles. The smallest absolute Gasteiger partial charge is 0.255 e. The number of hydrogen-bond donors (Lipinski definition) is 2. The number of ether oxygens (including phenoxy) is 1. The third kappa shape index (κ3) is 8.68. The van der Waals surface area contributed by atoms with Crippen molar-refractivity contribution < 1.29 is 14.3 Å². The standard InChI is InChI=1S/C25H34N2O3/c1-3-5-6-7-8-9-10-11-24(28)26-21-14-12-20(13-15-21)25(29)27-22-16-18-23(19-17-22)30-4-2/h12-19H,3-11H2,1-2H3,(H,26,28)(H,27,29). The maximum Gasteiger partial charge on any atom is 0.255 e. The van der Waals surface area contributed by atoms with E-state index in [9.17, 15) is 9.59 Å². The summed E-state index contributed by atoms with van der Waals surface area (Å²) in [5, 5.41) is 5.76. The Hall–Kier alpha value is -2.82. The van der Waals surface area contributed by atoms with E-state index < -0.39 is 0 Å². The number of carbonyl (C=O) groups excluding carboxylic acids is 2. The summed E-state index contributed by atoms with van der Waals surface area (Å²) in [6, 6.07) is 14.2.